The lowest BCUT2D eigenvalue weighted by Crippen LogP contribution is -2.19. The fourth-order valence-electron chi connectivity index (χ4n) is 3.17. The fraction of sp³-hybridized carbons (Fsp3) is 0.185. The molecule has 0 aromatic heterocycles. The lowest BCUT2D eigenvalue weighted by molar-refractivity contribution is -0.118. The molecule has 9 heteroatoms. The van der Waals surface area contributed by atoms with E-state index in [2.05, 4.69) is 17.1 Å². The minimum absolute atomic E-state index is 0.218. The molecule has 0 saturated heterocycles. The minimum atomic E-state index is -0.218. The zero-order valence-electron chi connectivity index (χ0n) is 19.6. The molecule has 0 bridgehead atoms. The van der Waals surface area contributed by atoms with Crippen LogP contribution in [0, 0.1) is 0 Å². The number of allylic oxidation sites excluding steroid dienone is 1. The van der Waals surface area contributed by atoms with Crippen LogP contribution in [0.1, 0.15) is 23.6 Å². The molecule has 3 aromatic carbocycles. The Kier molecular flexibility index (Phi) is 11.0. The van der Waals surface area contributed by atoms with Gasteiger partial charge < -0.3 is 9.47 Å². The van der Waals surface area contributed by atoms with Gasteiger partial charge in [0.25, 0.3) is 0 Å². The summed E-state index contributed by atoms with van der Waals surface area (Å²) in [6, 6.07) is 16.4. The van der Waals surface area contributed by atoms with Gasteiger partial charge in [-0.15, -0.1) is 18.3 Å². The number of rotatable bonds is 12. The Morgan fingerprint density at radius 1 is 1.06 bits per heavy atom. The van der Waals surface area contributed by atoms with Gasteiger partial charge in [0, 0.05) is 15.5 Å². The molecule has 1 amide bonds. The second-order valence-corrected chi connectivity index (χ2v) is 9.81. The molecule has 3 aromatic rings. The summed E-state index contributed by atoms with van der Waals surface area (Å²) in [6.45, 7) is 6.49. The number of hydrazone groups is 1. The van der Waals surface area contributed by atoms with Crippen molar-refractivity contribution in [1.29, 1.82) is 0 Å². The highest BCUT2D eigenvalue weighted by Crippen LogP contribution is 2.34. The van der Waals surface area contributed by atoms with Crippen molar-refractivity contribution in [3.05, 3.63) is 99.0 Å². The monoisotopic (exact) mass is 562 g/mol. The predicted molar refractivity (Wildman–Crippen MR) is 150 cm³/mol. The summed E-state index contributed by atoms with van der Waals surface area (Å²) in [5.74, 6) is 1.20. The first-order valence-electron chi connectivity index (χ1n) is 11.1. The molecule has 0 heterocycles. The number of nitrogens with zero attached hydrogens (tertiary/aromatic N) is 1. The van der Waals surface area contributed by atoms with Crippen LogP contribution in [0.5, 0.6) is 11.5 Å². The number of nitrogens with one attached hydrogen (secondary N) is 1. The van der Waals surface area contributed by atoms with Crippen LogP contribution in [-0.2, 0) is 17.8 Å². The van der Waals surface area contributed by atoms with E-state index in [0.717, 1.165) is 21.6 Å². The third-order valence-corrected chi connectivity index (χ3v) is 6.77. The van der Waals surface area contributed by atoms with Crippen molar-refractivity contribution in [2.45, 2.75) is 24.8 Å². The summed E-state index contributed by atoms with van der Waals surface area (Å²) >= 11 is 19.4. The molecule has 188 valence electrons. The Hall–Kier alpha value is -2.64. The van der Waals surface area contributed by atoms with Crippen molar-refractivity contribution in [2.24, 2.45) is 5.10 Å². The van der Waals surface area contributed by atoms with Gasteiger partial charge in [-0.1, -0.05) is 46.9 Å². The van der Waals surface area contributed by atoms with Crippen LogP contribution in [0.3, 0.4) is 0 Å². The fourth-order valence-corrected chi connectivity index (χ4v) is 4.30. The number of hydrogen-bond donors (Lipinski definition) is 1. The van der Waals surface area contributed by atoms with Crippen LogP contribution in [0.4, 0.5) is 0 Å². The predicted octanol–water partition coefficient (Wildman–Crippen LogP) is 7.60. The average molecular weight is 564 g/mol. The lowest BCUT2D eigenvalue weighted by Gasteiger charge is -2.17. The number of carbonyl (C=O) groups excluding carboxylic acids is 1. The summed E-state index contributed by atoms with van der Waals surface area (Å²) in [6.07, 6.45) is 3.92. The van der Waals surface area contributed by atoms with Gasteiger partial charge in [0.05, 0.1) is 28.6 Å². The third-order valence-electron chi connectivity index (χ3n) is 4.77. The lowest BCUT2D eigenvalue weighted by atomic mass is 10.1. The molecule has 0 fully saturated rings. The molecule has 0 unspecified atom stereocenters. The first-order chi connectivity index (χ1) is 17.4. The minimum Gasteiger partial charge on any atom is -0.490 e. The quantitative estimate of drug-likeness (QED) is 0.107. The van der Waals surface area contributed by atoms with Gasteiger partial charge in [-0.2, -0.15) is 5.10 Å². The molecule has 0 spiro atoms. The summed E-state index contributed by atoms with van der Waals surface area (Å²) in [7, 11) is 0. The summed E-state index contributed by atoms with van der Waals surface area (Å²) < 4.78 is 12.0. The summed E-state index contributed by atoms with van der Waals surface area (Å²) in [5.41, 5.74) is 5.06. The van der Waals surface area contributed by atoms with Gasteiger partial charge in [-0.05, 0) is 73.0 Å². The topological polar surface area (TPSA) is 59.9 Å². The Morgan fingerprint density at radius 3 is 2.53 bits per heavy atom. The second-order valence-electron chi connectivity index (χ2n) is 7.51. The number of thioether (sulfide) groups is 1. The van der Waals surface area contributed by atoms with Crippen LogP contribution >= 0.6 is 46.6 Å². The largest absolute Gasteiger partial charge is 0.490 e. The van der Waals surface area contributed by atoms with Gasteiger partial charge in [0.15, 0.2) is 11.5 Å². The van der Waals surface area contributed by atoms with Gasteiger partial charge >= 0.3 is 0 Å². The number of amides is 1. The molecule has 5 nitrogen and oxygen atoms in total. The van der Waals surface area contributed by atoms with Crippen LogP contribution in [0.2, 0.25) is 15.1 Å². The van der Waals surface area contributed by atoms with Crippen LogP contribution in [-0.4, -0.2) is 24.5 Å². The van der Waals surface area contributed by atoms with Crippen molar-refractivity contribution < 1.29 is 14.3 Å². The van der Waals surface area contributed by atoms with Crippen molar-refractivity contribution in [3.8, 4) is 11.5 Å². The van der Waals surface area contributed by atoms with Crippen molar-refractivity contribution in [1.82, 2.24) is 5.43 Å². The molecular weight excluding hydrogens is 539 g/mol. The van der Waals surface area contributed by atoms with Crippen LogP contribution < -0.4 is 14.9 Å². The molecule has 36 heavy (non-hydrogen) atoms. The van der Waals surface area contributed by atoms with E-state index in [4.69, 9.17) is 44.3 Å². The van der Waals surface area contributed by atoms with E-state index in [0.29, 0.717) is 39.6 Å². The van der Waals surface area contributed by atoms with E-state index in [1.807, 2.05) is 37.3 Å². The first kappa shape index (κ1) is 27.9. The third kappa shape index (κ3) is 8.49. The highest BCUT2D eigenvalue weighted by Gasteiger charge is 2.14. The molecule has 1 N–H and O–H groups in total. The Labute approximate surface area is 230 Å². The molecule has 0 aliphatic heterocycles. The van der Waals surface area contributed by atoms with Gasteiger partial charge in [-0.25, -0.2) is 5.43 Å². The smallest absolute Gasteiger partial charge is 0.250 e. The molecule has 3 rings (SSSR count). The maximum Gasteiger partial charge on any atom is 0.250 e. The highest BCUT2D eigenvalue weighted by atomic mass is 35.5. The Bertz CT molecular complexity index is 1230. The van der Waals surface area contributed by atoms with E-state index < -0.39 is 0 Å². The maximum atomic E-state index is 12.2. The maximum absolute atomic E-state index is 12.2. The standard InChI is InChI=1S/C27H25Cl3N2O3S/c1-3-5-20-12-19(15-31-32-26(33)17-36-22-9-7-21(28)8-10-22)14-25(34-4-2)27(20)35-16-18-6-11-23(29)24(30)13-18/h3,6-15H,1,4-5,16-17H2,2H3,(H,32,33)/b31-15-. The van der Waals surface area contributed by atoms with Gasteiger partial charge in [0.1, 0.15) is 6.61 Å². The number of ether oxygens (including phenoxy) is 2. The number of benzene rings is 3. The van der Waals surface area contributed by atoms with Crippen LogP contribution in [0.25, 0.3) is 0 Å². The Morgan fingerprint density at radius 2 is 1.83 bits per heavy atom. The summed E-state index contributed by atoms with van der Waals surface area (Å²) in [5, 5.41) is 5.71. The molecule has 0 radical (unpaired) electrons. The molecule has 0 atom stereocenters. The first-order valence-corrected chi connectivity index (χ1v) is 13.2. The van der Waals surface area contributed by atoms with Crippen molar-refractivity contribution >= 4 is 58.7 Å². The van der Waals surface area contributed by atoms with Gasteiger partial charge in [0.2, 0.25) is 5.91 Å². The molecule has 0 aliphatic carbocycles. The SMILES string of the molecule is C=CCc1cc(/C=N\NC(=O)CSc2ccc(Cl)cc2)cc(OCC)c1OCc1ccc(Cl)c(Cl)c1. The van der Waals surface area contributed by atoms with Crippen molar-refractivity contribution in [2.75, 3.05) is 12.4 Å². The Balaban J connectivity index is 1.70. The number of hydrogen-bond acceptors (Lipinski definition) is 5. The number of halogens is 3. The van der Waals surface area contributed by atoms with Crippen molar-refractivity contribution in [3.63, 3.8) is 0 Å². The zero-order valence-corrected chi connectivity index (χ0v) is 22.7. The summed E-state index contributed by atoms with van der Waals surface area (Å²) in [4.78, 5) is 13.1. The van der Waals surface area contributed by atoms with E-state index in [1.165, 1.54) is 11.8 Å². The normalized spacial score (nSPS) is 10.9. The average Bonchev–Trinajstić information content (AvgIpc) is 2.85. The molecule has 0 aliphatic rings. The van der Waals surface area contributed by atoms with E-state index in [9.17, 15) is 4.79 Å². The number of carbonyl (C=O) groups is 1. The highest BCUT2D eigenvalue weighted by molar-refractivity contribution is 8.00. The zero-order chi connectivity index (χ0) is 25.9. The molecule has 0 saturated carbocycles. The molecular formula is C27H25Cl3N2O3S. The second kappa shape index (κ2) is 14.2. The van der Waals surface area contributed by atoms with E-state index in [-0.39, 0.29) is 18.3 Å². The van der Waals surface area contributed by atoms with Crippen LogP contribution in [0.15, 0.2) is 77.2 Å². The van der Waals surface area contributed by atoms with Gasteiger partial charge in [-0.3, -0.25) is 4.79 Å². The van der Waals surface area contributed by atoms with E-state index >= 15 is 0 Å². The van der Waals surface area contributed by atoms with E-state index in [1.54, 1.807) is 36.6 Å².